The number of aromatic nitrogens is 1. The number of pyridine rings is 1. The van der Waals surface area contributed by atoms with Crippen LogP contribution in [0.15, 0.2) is 35.4 Å². The number of fused-ring (bicyclic) bond motifs is 1. The molecule has 110 valence electrons. The van der Waals surface area contributed by atoms with Crippen molar-refractivity contribution in [1.82, 2.24) is 10.3 Å². The molecule has 0 spiro atoms. The second-order valence-corrected chi connectivity index (χ2v) is 6.77. The molecule has 1 N–H and O–H groups in total. The number of carbonyl (C=O) groups is 1. The van der Waals surface area contributed by atoms with E-state index in [1.807, 2.05) is 18.2 Å². The minimum Gasteiger partial charge on any atom is -0.353 e. The summed E-state index contributed by atoms with van der Waals surface area (Å²) in [6.45, 7) is 4.18. The lowest BCUT2D eigenvalue weighted by Crippen LogP contribution is -2.35. The van der Waals surface area contributed by atoms with Crippen molar-refractivity contribution < 1.29 is 4.79 Å². The van der Waals surface area contributed by atoms with E-state index in [0.717, 1.165) is 10.5 Å². The van der Waals surface area contributed by atoms with Crippen LogP contribution in [0.4, 0.5) is 0 Å². The highest BCUT2D eigenvalue weighted by Gasteiger charge is 2.28. The van der Waals surface area contributed by atoms with E-state index < -0.39 is 0 Å². The Balaban J connectivity index is 1.63. The van der Waals surface area contributed by atoms with Crippen molar-refractivity contribution in [3.63, 3.8) is 0 Å². The van der Waals surface area contributed by atoms with Crippen LogP contribution in [0.3, 0.4) is 0 Å². The summed E-state index contributed by atoms with van der Waals surface area (Å²) in [6.07, 6.45) is 2.50. The first-order valence-electron chi connectivity index (χ1n) is 7.42. The molecule has 0 radical (unpaired) electrons. The van der Waals surface area contributed by atoms with Gasteiger partial charge in [0, 0.05) is 11.4 Å². The van der Waals surface area contributed by atoms with Gasteiger partial charge in [-0.25, -0.2) is 4.98 Å². The number of para-hydroxylation sites is 1. The number of aryl methyl sites for hydroxylation is 1. The van der Waals surface area contributed by atoms with E-state index in [4.69, 9.17) is 0 Å². The lowest BCUT2D eigenvalue weighted by molar-refractivity contribution is -0.119. The SMILES string of the molecule is Cc1cc(SCC(=O)NC(C)C2CC2)nc2ccccc12. The number of nitrogens with one attached hydrogen (secondary N) is 1. The molecule has 1 heterocycles. The van der Waals surface area contributed by atoms with Crippen LogP contribution >= 0.6 is 11.8 Å². The van der Waals surface area contributed by atoms with Gasteiger partial charge in [-0.3, -0.25) is 4.79 Å². The van der Waals surface area contributed by atoms with Crippen molar-refractivity contribution in [3.8, 4) is 0 Å². The second kappa shape index (κ2) is 6.06. The number of rotatable bonds is 5. The highest BCUT2D eigenvalue weighted by molar-refractivity contribution is 7.99. The maximum absolute atomic E-state index is 11.9. The van der Waals surface area contributed by atoms with Gasteiger partial charge in [0.25, 0.3) is 0 Å². The van der Waals surface area contributed by atoms with Gasteiger partial charge >= 0.3 is 0 Å². The third-order valence-electron chi connectivity index (χ3n) is 3.97. The first-order valence-corrected chi connectivity index (χ1v) is 8.40. The fourth-order valence-electron chi connectivity index (χ4n) is 2.54. The maximum Gasteiger partial charge on any atom is 0.230 e. The highest BCUT2D eigenvalue weighted by Crippen LogP contribution is 2.32. The van der Waals surface area contributed by atoms with E-state index in [1.54, 1.807) is 0 Å². The molecule has 0 bridgehead atoms. The number of thioether (sulfide) groups is 1. The van der Waals surface area contributed by atoms with E-state index in [2.05, 4.69) is 36.3 Å². The zero-order chi connectivity index (χ0) is 14.8. The molecule has 21 heavy (non-hydrogen) atoms. The van der Waals surface area contributed by atoms with Crippen molar-refractivity contribution >= 4 is 28.6 Å². The van der Waals surface area contributed by atoms with E-state index in [1.165, 1.54) is 35.6 Å². The fourth-order valence-corrected chi connectivity index (χ4v) is 3.33. The Labute approximate surface area is 129 Å². The molecule has 3 rings (SSSR count). The molecule has 3 nitrogen and oxygen atoms in total. The van der Waals surface area contributed by atoms with E-state index in [-0.39, 0.29) is 5.91 Å². The molecule has 1 amide bonds. The Bertz CT molecular complexity index is 667. The first-order chi connectivity index (χ1) is 10.1. The minimum absolute atomic E-state index is 0.104. The molecule has 1 aromatic heterocycles. The molecule has 1 aliphatic rings. The Kier molecular flexibility index (Phi) is 4.15. The second-order valence-electron chi connectivity index (χ2n) is 5.78. The summed E-state index contributed by atoms with van der Waals surface area (Å²) in [5.41, 5.74) is 2.20. The largest absolute Gasteiger partial charge is 0.353 e. The van der Waals surface area contributed by atoms with Crippen molar-refractivity contribution in [1.29, 1.82) is 0 Å². The van der Waals surface area contributed by atoms with E-state index >= 15 is 0 Å². The maximum atomic E-state index is 11.9. The van der Waals surface area contributed by atoms with Crippen LogP contribution < -0.4 is 5.32 Å². The molecule has 1 atom stereocenters. The van der Waals surface area contributed by atoms with Gasteiger partial charge in [0.2, 0.25) is 5.91 Å². The molecule has 1 fully saturated rings. The van der Waals surface area contributed by atoms with Crippen LogP contribution in [0, 0.1) is 12.8 Å². The Morgan fingerprint density at radius 3 is 2.95 bits per heavy atom. The molecule has 0 saturated heterocycles. The minimum atomic E-state index is 0.104. The van der Waals surface area contributed by atoms with Crippen LogP contribution in [0.2, 0.25) is 0 Å². The van der Waals surface area contributed by atoms with Gasteiger partial charge in [0.05, 0.1) is 16.3 Å². The predicted molar refractivity (Wildman–Crippen MR) is 87.5 cm³/mol. The summed E-state index contributed by atoms with van der Waals surface area (Å²) in [6, 6.07) is 10.5. The smallest absolute Gasteiger partial charge is 0.230 e. The van der Waals surface area contributed by atoms with Crippen molar-refractivity contribution in [2.75, 3.05) is 5.75 Å². The number of nitrogens with zero attached hydrogens (tertiary/aromatic N) is 1. The van der Waals surface area contributed by atoms with Crippen LogP contribution in [0.25, 0.3) is 10.9 Å². The fraction of sp³-hybridized carbons (Fsp3) is 0.412. The summed E-state index contributed by atoms with van der Waals surface area (Å²) in [5.74, 6) is 1.23. The molecule has 2 aromatic rings. The standard InChI is InChI=1S/C17H20N2OS/c1-11-9-17(19-15-6-4-3-5-14(11)15)21-10-16(20)18-12(2)13-7-8-13/h3-6,9,12-13H,7-8,10H2,1-2H3,(H,18,20). The Morgan fingerprint density at radius 1 is 1.43 bits per heavy atom. The average Bonchev–Trinajstić information content (AvgIpc) is 3.30. The number of carbonyl (C=O) groups excluding carboxylic acids is 1. The number of hydrogen-bond acceptors (Lipinski definition) is 3. The van der Waals surface area contributed by atoms with Gasteiger partial charge in [0.1, 0.15) is 0 Å². The monoisotopic (exact) mass is 300 g/mol. The topological polar surface area (TPSA) is 42.0 Å². The van der Waals surface area contributed by atoms with Crippen molar-refractivity contribution in [3.05, 3.63) is 35.9 Å². The van der Waals surface area contributed by atoms with Gasteiger partial charge in [0.15, 0.2) is 0 Å². The van der Waals surface area contributed by atoms with Crippen molar-refractivity contribution in [2.24, 2.45) is 5.92 Å². The summed E-state index contributed by atoms with van der Waals surface area (Å²) >= 11 is 1.51. The molecular formula is C17H20N2OS. The normalized spacial score (nSPS) is 15.9. The van der Waals surface area contributed by atoms with Gasteiger partial charge < -0.3 is 5.32 Å². The van der Waals surface area contributed by atoms with Gasteiger partial charge in [-0.15, -0.1) is 0 Å². The first kappa shape index (κ1) is 14.4. The summed E-state index contributed by atoms with van der Waals surface area (Å²) in [4.78, 5) is 16.6. The van der Waals surface area contributed by atoms with Crippen LogP contribution in [-0.4, -0.2) is 22.7 Å². The third kappa shape index (κ3) is 3.56. The molecular weight excluding hydrogens is 280 g/mol. The van der Waals surface area contributed by atoms with Crippen LogP contribution in [0.1, 0.15) is 25.3 Å². The molecule has 1 unspecified atom stereocenters. The van der Waals surface area contributed by atoms with Gasteiger partial charge in [-0.2, -0.15) is 0 Å². The molecule has 1 saturated carbocycles. The van der Waals surface area contributed by atoms with E-state index in [9.17, 15) is 4.79 Å². The molecule has 4 heteroatoms. The molecule has 1 aromatic carbocycles. The summed E-state index contributed by atoms with van der Waals surface area (Å²) in [7, 11) is 0. The van der Waals surface area contributed by atoms with Crippen LogP contribution in [-0.2, 0) is 4.79 Å². The Morgan fingerprint density at radius 2 is 2.19 bits per heavy atom. The highest BCUT2D eigenvalue weighted by atomic mass is 32.2. The molecule has 1 aliphatic carbocycles. The quantitative estimate of drug-likeness (QED) is 0.859. The van der Waals surface area contributed by atoms with Gasteiger partial charge in [-0.1, -0.05) is 30.0 Å². The summed E-state index contributed by atoms with van der Waals surface area (Å²) < 4.78 is 0. The van der Waals surface area contributed by atoms with Crippen LogP contribution in [0.5, 0.6) is 0 Å². The lowest BCUT2D eigenvalue weighted by Gasteiger charge is -2.12. The number of hydrogen-bond donors (Lipinski definition) is 1. The van der Waals surface area contributed by atoms with Gasteiger partial charge in [-0.05, 0) is 50.3 Å². The number of amides is 1. The van der Waals surface area contributed by atoms with E-state index in [0.29, 0.717) is 17.7 Å². The Hall–Kier alpha value is -1.55. The zero-order valence-corrected chi connectivity index (χ0v) is 13.2. The molecule has 0 aliphatic heterocycles. The van der Waals surface area contributed by atoms with Crippen molar-refractivity contribution in [2.45, 2.75) is 37.8 Å². The number of benzene rings is 1. The third-order valence-corrected chi connectivity index (χ3v) is 4.88. The zero-order valence-electron chi connectivity index (χ0n) is 12.4. The predicted octanol–water partition coefficient (Wildman–Crippen LogP) is 3.55. The lowest BCUT2D eigenvalue weighted by atomic mass is 10.1. The average molecular weight is 300 g/mol. The summed E-state index contributed by atoms with van der Waals surface area (Å²) in [5, 5.41) is 5.17.